The van der Waals surface area contributed by atoms with Crippen LogP contribution in [0.15, 0.2) is 60.7 Å². The van der Waals surface area contributed by atoms with Gasteiger partial charge in [0.05, 0.1) is 4.92 Å². The molecular weight excluding hydrogens is 344 g/mol. The Morgan fingerprint density at radius 2 is 1.88 bits per heavy atom. The molecule has 0 bridgehead atoms. The van der Waals surface area contributed by atoms with Crippen LogP contribution in [0.2, 0.25) is 5.02 Å². The normalized spacial score (nSPS) is 10.4. The van der Waals surface area contributed by atoms with Crippen molar-refractivity contribution in [3.8, 4) is 5.75 Å². The molecule has 3 rings (SSSR count). The first-order valence-electron chi connectivity index (χ1n) is 7.39. The number of rotatable bonds is 5. The van der Waals surface area contributed by atoms with Crippen LogP contribution in [0.1, 0.15) is 0 Å². The van der Waals surface area contributed by atoms with Crippen LogP contribution in [0.5, 0.6) is 5.75 Å². The van der Waals surface area contributed by atoms with E-state index in [1.807, 2.05) is 36.4 Å². The number of ether oxygens (including phenoxy) is 1. The fourth-order valence-electron chi connectivity index (χ4n) is 2.42. The van der Waals surface area contributed by atoms with Crippen molar-refractivity contribution in [2.24, 2.45) is 0 Å². The van der Waals surface area contributed by atoms with E-state index in [1.165, 1.54) is 18.2 Å². The Morgan fingerprint density at radius 1 is 1.12 bits per heavy atom. The largest absolute Gasteiger partial charge is 0.477 e. The molecule has 3 aromatic rings. The molecule has 25 heavy (non-hydrogen) atoms. The first-order valence-corrected chi connectivity index (χ1v) is 7.77. The van der Waals surface area contributed by atoms with Gasteiger partial charge in [0.1, 0.15) is 0 Å². The van der Waals surface area contributed by atoms with Crippen LogP contribution >= 0.6 is 11.6 Å². The number of nitrogens with zero attached hydrogens (tertiary/aromatic N) is 1. The van der Waals surface area contributed by atoms with E-state index in [0.717, 1.165) is 10.8 Å². The van der Waals surface area contributed by atoms with Gasteiger partial charge >= 0.3 is 5.69 Å². The highest BCUT2D eigenvalue weighted by atomic mass is 35.5. The molecule has 1 N–H and O–H groups in total. The summed E-state index contributed by atoms with van der Waals surface area (Å²) >= 11 is 5.75. The van der Waals surface area contributed by atoms with Crippen molar-refractivity contribution in [1.29, 1.82) is 0 Å². The van der Waals surface area contributed by atoms with Crippen LogP contribution in [0.25, 0.3) is 10.8 Å². The van der Waals surface area contributed by atoms with Crippen molar-refractivity contribution in [1.82, 2.24) is 0 Å². The van der Waals surface area contributed by atoms with E-state index in [4.69, 9.17) is 16.3 Å². The van der Waals surface area contributed by atoms with Crippen molar-refractivity contribution < 1.29 is 14.5 Å². The van der Waals surface area contributed by atoms with E-state index in [-0.39, 0.29) is 23.1 Å². The lowest BCUT2D eigenvalue weighted by Crippen LogP contribution is -2.20. The van der Waals surface area contributed by atoms with Crippen LogP contribution in [-0.4, -0.2) is 17.4 Å². The number of carbonyl (C=O) groups is 1. The Hall–Kier alpha value is -3.12. The Kier molecular flexibility index (Phi) is 4.81. The maximum atomic E-state index is 12.1. The molecular formula is C18H13ClN2O4. The lowest BCUT2D eigenvalue weighted by atomic mass is 10.1. The number of halogens is 1. The molecule has 0 saturated heterocycles. The van der Waals surface area contributed by atoms with Crippen molar-refractivity contribution in [3.05, 3.63) is 75.8 Å². The standard InChI is InChI=1S/C18H13ClN2O4/c19-13-8-9-17(16(10-13)21(23)24)25-11-18(22)20-15-7-3-5-12-4-1-2-6-14(12)15/h1-10H,11H2,(H,20,22). The number of nitro benzene ring substituents is 1. The third kappa shape index (κ3) is 3.87. The monoisotopic (exact) mass is 356 g/mol. The van der Waals surface area contributed by atoms with Gasteiger partial charge in [-0.15, -0.1) is 0 Å². The Morgan fingerprint density at radius 3 is 2.68 bits per heavy atom. The van der Waals surface area contributed by atoms with Crippen LogP contribution in [-0.2, 0) is 4.79 Å². The maximum Gasteiger partial charge on any atom is 0.312 e. The van der Waals surface area contributed by atoms with Gasteiger partial charge in [-0.3, -0.25) is 14.9 Å². The quantitative estimate of drug-likeness (QED) is 0.542. The van der Waals surface area contributed by atoms with Crippen molar-refractivity contribution in [2.75, 3.05) is 11.9 Å². The minimum Gasteiger partial charge on any atom is -0.477 e. The second-order valence-corrected chi connectivity index (χ2v) is 5.67. The van der Waals surface area contributed by atoms with E-state index >= 15 is 0 Å². The van der Waals surface area contributed by atoms with Gasteiger partial charge in [-0.05, 0) is 23.6 Å². The van der Waals surface area contributed by atoms with Gasteiger partial charge < -0.3 is 10.1 Å². The zero-order valence-corrected chi connectivity index (χ0v) is 13.7. The van der Waals surface area contributed by atoms with Crippen molar-refractivity contribution >= 4 is 39.7 Å². The van der Waals surface area contributed by atoms with E-state index in [2.05, 4.69) is 5.32 Å². The van der Waals surface area contributed by atoms with Crippen molar-refractivity contribution in [3.63, 3.8) is 0 Å². The predicted octanol–water partition coefficient (Wildman–Crippen LogP) is 4.42. The number of benzene rings is 3. The summed E-state index contributed by atoms with van der Waals surface area (Å²) in [6.07, 6.45) is 0. The molecule has 0 unspecified atom stereocenters. The minimum atomic E-state index is -0.607. The molecule has 0 spiro atoms. The molecule has 126 valence electrons. The molecule has 0 saturated carbocycles. The Bertz CT molecular complexity index is 953. The summed E-state index contributed by atoms with van der Waals surface area (Å²) in [5, 5.41) is 15.9. The van der Waals surface area contributed by atoms with Gasteiger partial charge in [0.15, 0.2) is 12.4 Å². The minimum absolute atomic E-state index is 0.0116. The number of anilines is 1. The second kappa shape index (κ2) is 7.19. The van der Waals surface area contributed by atoms with E-state index < -0.39 is 10.8 Å². The van der Waals surface area contributed by atoms with Crippen molar-refractivity contribution in [2.45, 2.75) is 0 Å². The van der Waals surface area contributed by atoms with Gasteiger partial charge in [0.2, 0.25) is 0 Å². The summed E-state index contributed by atoms with van der Waals surface area (Å²) in [5.74, 6) is -0.428. The number of hydrogen-bond acceptors (Lipinski definition) is 4. The molecule has 0 aromatic heterocycles. The smallest absolute Gasteiger partial charge is 0.312 e. The summed E-state index contributed by atoms with van der Waals surface area (Å²) in [5.41, 5.74) is 0.364. The number of hydrogen-bond donors (Lipinski definition) is 1. The predicted molar refractivity (Wildman–Crippen MR) is 96.2 cm³/mol. The summed E-state index contributed by atoms with van der Waals surface area (Å²) in [4.78, 5) is 22.6. The highest BCUT2D eigenvalue weighted by Gasteiger charge is 2.17. The van der Waals surface area contributed by atoms with E-state index in [1.54, 1.807) is 6.07 Å². The lowest BCUT2D eigenvalue weighted by molar-refractivity contribution is -0.385. The van der Waals surface area contributed by atoms with E-state index in [0.29, 0.717) is 5.69 Å². The first-order chi connectivity index (χ1) is 12.0. The average Bonchev–Trinajstić information content (AvgIpc) is 2.61. The topological polar surface area (TPSA) is 81.5 Å². The number of carbonyl (C=O) groups excluding carboxylic acids is 1. The fraction of sp³-hybridized carbons (Fsp3) is 0.0556. The fourth-order valence-corrected chi connectivity index (χ4v) is 2.59. The van der Waals surface area contributed by atoms with Gasteiger partial charge in [0.25, 0.3) is 5.91 Å². The third-order valence-electron chi connectivity index (χ3n) is 3.54. The molecule has 0 atom stereocenters. The number of nitrogens with one attached hydrogen (secondary N) is 1. The second-order valence-electron chi connectivity index (χ2n) is 5.23. The molecule has 0 aliphatic rings. The van der Waals surface area contributed by atoms with Crippen LogP contribution in [0, 0.1) is 10.1 Å². The molecule has 0 aliphatic carbocycles. The van der Waals surface area contributed by atoms with Crippen LogP contribution in [0.3, 0.4) is 0 Å². The zero-order valence-electron chi connectivity index (χ0n) is 12.9. The first kappa shape index (κ1) is 16.7. The van der Waals surface area contributed by atoms with Gasteiger partial charge in [-0.1, -0.05) is 48.0 Å². The molecule has 0 aliphatic heterocycles. The van der Waals surface area contributed by atoms with E-state index in [9.17, 15) is 14.9 Å². The number of amides is 1. The molecule has 0 radical (unpaired) electrons. The molecule has 0 fully saturated rings. The maximum absolute atomic E-state index is 12.1. The average molecular weight is 357 g/mol. The zero-order chi connectivity index (χ0) is 17.8. The summed E-state index contributed by atoms with van der Waals surface area (Å²) in [6.45, 7) is -0.355. The summed E-state index contributed by atoms with van der Waals surface area (Å²) in [7, 11) is 0. The third-order valence-corrected chi connectivity index (χ3v) is 3.78. The summed E-state index contributed by atoms with van der Waals surface area (Å²) < 4.78 is 5.29. The number of fused-ring (bicyclic) bond motifs is 1. The molecule has 7 heteroatoms. The SMILES string of the molecule is O=C(COc1ccc(Cl)cc1[N+](=O)[O-])Nc1cccc2ccccc12. The lowest BCUT2D eigenvalue weighted by Gasteiger charge is -2.10. The molecule has 6 nitrogen and oxygen atoms in total. The molecule has 3 aromatic carbocycles. The number of nitro groups is 1. The van der Waals surface area contributed by atoms with Gasteiger partial charge in [0, 0.05) is 22.2 Å². The Labute approximate surface area is 148 Å². The van der Waals surface area contributed by atoms with Crippen LogP contribution < -0.4 is 10.1 Å². The molecule has 0 heterocycles. The molecule has 1 amide bonds. The Balaban J connectivity index is 1.72. The van der Waals surface area contributed by atoms with Crippen LogP contribution in [0.4, 0.5) is 11.4 Å². The highest BCUT2D eigenvalue weighted by molar-refractivity contribution is 6.30. The summed E-state index contributed by atoms with van der Waals surface area (Å²) in [6, 6.07) is 17.2. The van der Waals surface area contributed by atoms with Gasteiger partial charge in [-0.2, -0.15) is 0 Å². The van der Waals surface area contributed by atoms with Gasteiger partial charge in [-0.25, -0.2) is 0 Å². The highest BCUT2D eigenvalue weighted by Crippen LogP contribution is 2.30.